The van der Waals surface area contributed by atoms with Crippen LogP contribution in [0.4, 0.5) is 5.69 Å². The Morgan fingerprint density at radius 3 is 2.35 bits per heavy atom. The molecule has 1 heterocycles. The number of benzene rings is 1. The summed E-state index contributed by atoms with van der Waals surface area (Å²) in [5.74, 6) is -1.44. The molecule has 1 aromatic carbocycles. The van der Waals surface area contributed by atoms with Crippen LogP contribution in [-0.2, 0) is 16.8 Å². The highest BCUT2D eigenvalue weighted by Gasteiger charge is 2.29. The molecule has 7 nitrogen and oxygen atoms in total. The Hall–Kier alpha value is -2.70. The SMILES string of the molecule is Cc1ccc(NC(=O)Cn2nnc(C(=O)O)c2C(C)(C)C)cc1. The Bertz CT molecular complexity index is 727. The minimum atomic E-state index is -1.15. The fourth-order valence-corrected chi connectivity index (χ4v) is 2.28. The highest BCUT2D eigenvalue weighted by Crippen LogP contribution is 2.24. The van der Waals surface area contributed by atoms with Gasteiger partial charge in [0.25, 0.3) is 0 Å². The van der Waals surface area contributed by atoms with E-state index in [-0.39, 0.29) is 18.1 Å². The van der Waals surface area contributed by atoms with Crippen molar-refractivity contribution in [2.75, 3.05) is 5.32 Å². The summed E-state index contributed by atoms with van der Waals surface area (Å²) < 4.78 is 1.34. The molecule has 1 aromatic heterocycles. The molecule has 2 aromatic rings. The second kappa shape index (κ2) is 6.20. The van der Waals surface area contributed by atoms with E-state index in [1.165, 1.54) is 4.68 Å². The Labute approximate surface area is 134 Å². The molecule has 0 spiro atoms. The van der Waals surface area contributed by atoms with Crippen LogP contribution in [0.15, 0.2) is 24.3 Å². The van der Waals surface area contributed by atoms with Gasteiger partial charge in [-0.05, 0) is 19.1 Å². The number of anilines is 1. The monoisotopic (exact) mass is 316 g/mol. The lowest BCUT2D eigenvalue weighted by Gasteiger charge is -2.20. The van der Waals surface area contributed by atoms with E-state index in [0.29, 0.717) is 11.4 Å². The molecule has 0 fully saturated rings. The molecule has 2 rings (SSSR count). The maximum absolute atomic E-state index is 12.2. The fraction of sp³-hybridized carbons (Fsp3) is 0.375. The van der Waals surface area contributed by atoms with Crippen molar-refractivity contribution in [1.29, 1.82) is 0 Å². The number of carboxylic acids is 1. The van der Waals surface area contributed by atoms with Gasteiger partial charge >= 0.3 is 5.97 Å². The van der Waals surface area contributed by atoms with Crippen LogP contribution in [0, 0.1) is 6.92 Å². The topological polar surface area (TPSA) is 97.1 Å². The number of aromatic nitrogens is 3. The zero-order valence-corrected chi connectivity index (χ0v) is 13.6. The summed E-state index contributed by atoms with van der Waals surface area (Å²) in [6.45, 7) is 7.43. The molecule has 23 heavy (non-hydrogen) atoms. The van der Waals surface area contributed by atoms with Crippen LogP contribution < -0.4 is 5.32 Å². The molecular weight excluding hydrogens is 296 g/mol. The number of hydrogen-bond acceptors (Lipinski definition) is 4. The average Bonchev–Trinajstić information content (AvgIpc) is 2.85. The molecule has 2 N–H and O–H groups in total. The van der Waals surface area contributed by atoms with Gasteiger partial charge in [0, 0.05) is 11.1 Å². The number of amides is 1. The Balaban J connectivity index is 2.21. The lowest BCUT2D eigenvalue weighted by atomic mass is 9.90. The summed E-state index contributed by atoms with van der Waals surface area (Å²) in [5.41, 5.74) is 1.57. The molecule has 0 aliphatic carbocycles. The first kappa shape index (κ1) is 16.7. The standard InChI is InChI=1S/C16H20N4O3/c1-10-5-7-11(8-6-10)17-12(21)9-20-14(16(2,3)4)13(15(22)23)18-19-20/h5-8H,9H2,1-4H3,(H,17,21)(H,22,23). The summed E-state index contributed by atoms with van der Waals surface area (Å²) in [7, 11) is 0. The van der Waals surface area contributed by atoms with Crippen LogP contribution in [0.3, 0.4) is 0 Å². The predicted molar refractivity (Wildman–Crippen MR) is 85.5 cm³/mol. The third kappa shape index (κ3) is 3.94. The Morgan fingerprint density at radius 2 is 1.83 bits per heavy atom. The van der Waals surface area contributed by atoms with Gasteiger partial charge in [0.1, 0.15) is 6.54 Å². The molecule has 0 aliphatic heterocycles. The molecule has 0 unspecified atom stereocenters. The van der Waals surface area contributed by atoms with E-state index in [1.807, 2.05) is 52.0 Å². The van der Waals surface area contributed by atoms with E-state index in [4.69, 9.17) is 0 Å². The third-order valence-electron chi connectivity index (χ3n) is 3.28. The second-order valence-electron chi connectivity index (χ2n) is 6.41. The van der Waals surface area contributed by atoms with Gasteiger partial charge < -0.3 is 10.4 Å². The quantitative estimate of drug-likeness (QED) is 0.901. The summed E-state index contributed by atoms with van der Waals surface area (Å²) in [6, 6.07) is 7.41. The number of aryl methyl sites for hydroxylation is 1. The lowest BCUT2D eigenvalue weighted by molar-refractivity contribution is -0.117. The maximum Gasteiger partial charge on any atom is 0.358 e. The van der Waals surface area contributed by atoms with Crippen LogP contribution in [0.2, 0.25) is 0 Å². The Kier molecular flexibility index (Phi) is 4.49. The van der Waals surface area contributed by atoms with Crippen molar-refractivity contribution in [2.24, 2.45) is 0 Å². The molecular formula is C16H20N4O3. The van der Waals surface area contributed by atoms with Crippen molar-refractivity contribution < 1.29 is 14.7 Å². The van der Waals surface area contributed by atoms with Crippen LogP contribution in [0.25, 0.3) is 0 Å². The molecule has 0 radical (unpaired) electrons. The Morgan fingerprint density at radius 1 is 1.22 bits per heavy atom. The molecule has 1 amide bonds. The average molecular weight is 316 g/mol. The van der Waals surface area contributed by atoms with Crippen molar-refractivity contribution in [3.05, 3.63) is 41.2 Å². The number of carbonyl (C=O) groups is 2. The molecule has 0 saturated heterocycles. The normalized spacial score (nSPS) is 11.3. The largest absolute Gasteiger partial charge is 0.476 e. The van der Waals surface area contributed by atoms with Crippen LogP contribution in [0.5, 0.6) is 0 Å². The van der Waals surface area contributed by atoms with Crippen molar-refractivity contribution in [2.45, 2.75) is 39.7 Å². The van der Waals surface area contributed by atoms with Gasteiger partial charge in [-0.2, -0.15) is 0 Å². The van der Waals surface area contributed by atoms with Crippen LogP contribution in [0.1, 0.15) is 42.5 Å². The minimum absolute atomic E-state index is 0.0965. The van der Waals surface area contributed by atoms with E-state index in [9.17, 15) is 14.7 Å². The molecule has 0 bridgehead atoms. The zero-order chi connectivity index (χ0) is 17.2. The van der Waals surface area contributed by atoms with Crippen molar-refractivity contribution in [3.8, 4) is 0 Å². The maximum atomic E-state index is 12.2. The summed E-state index contributed by atoms with van der Waals surface area (Å²) in [6.07, 6.45) is 0. The van der Waals surface area contributed by atoms with Gasteiger partial charge in [0.15, 0.2) is 5.69 Å². The number of nitrogens with one attached hydrogen (secondary N) is 1. The van der Waals surface area contributed by atoms with E-state index in [1.54, 1.807) is 0 Å². The van der Waals surface area contributed by atoms with Crippen molar-refractivity contribution >= 4 is 17.6 Å². The van der Waals surface area contributed by atoms with Gasteiger partial charge in [-0.25, -0.2) is 9.48 Å². The molecule has 0 aliphatic rings. The summed E-state index contributed by atoms with van der Waals surface area (Å²) in [4.78, 5) is 23.5. The van der Waals surface area contributed by atoms with Crippen molar-refractivity contribution in [3.63, 3.8) is 0 Å². The van der Waals surface area contributed by atoms with Crippen molar-refractivity contribution in [1.82, 2.24) is 15.0 Å². The lowest BCUT2D eigenvalue weighted by Crippen LogP contribution is -2.26. The van der Waals surface area contributed by atoms with E-state index < -0.39 is 11.4 Å². The number of carboxylic acid groups (broad SMARTS) is 1. The first-order valence-electron chi connectivity index (χ1n) is 7.22. The number of rotatable bonds is 4. The molecule has 0 atom stereocenters. The number of nitrogens with zero attached hydrogens (tertiary/aromatic N) is 3. The zero-order valence-electron chi connectivity index (χ0n) is 13.6. The van der Waals surface area contributed by atoms with E-state index in [2.05, 4.69) is 15.6 Å². The highest BCUT2D eigenvalue weighted by molar-refractivity contribution is 5.91. The number of hydrogen-bond donors (Lipinski definition) is 2. The van der Waals surface area contributed by atoms with E-state index in [0.717, 1.165) is 5.56 Å². The predicted octanol–water partition coefficient (Wildman–Crippen LogP) is 2.22. The minimum Gasteiger partial charge on any atom is -0.476 e. The van der Waals surface area contributed by atoms with Gasteiger partial charge in [-0.15, -0.1) is 5.10 Å². The fourth-order valence-electron chi connectivity index (χ4n) is 2.28. The molecule has 0 saturated carbocycles. The molecule has 122 valence electrons. The number of aromatic carboxylic acids is 1. The second-order valence-corrected chi connectivity index (χ2v) is 6.41. The summed E-state index contributed by atoms with van der Waals surface area (Å²) in [5, 5.41) is 19.5. The molecule has 7 heteroatoms. The van der Waals surface area contributed by atoms with Gasteiger partial charge in [0.2, 0.25) is 5.91 Å². The third-order valence-corrected chi connectivity index (χ3v) is 3.28. The number of carbonyl (C=O) groups excluding carboxylic acids is 1. The first-order valence-corrected chi connectivity index (χ1v) is 7.22. The van der Waals surface area contributed by atoms with Crippen LogP contribution in [-0.4, -0.2) is 32.0 Å². The van der Waals surface area contributed by atoms with Crippen LogP contribution >= 0.6 is 0 Å². The summed E-state index contributed by atoms with van der Waals surface area (Å²) >= 11 is 0. The van der Waals surface area contributed by atoms with Gasteiger partial charge in [-0.1, -0.05) is 43.7 Å². The highest BCUT2D eigenvalue weighted by atomic mass is 16.4. The smallest absolute Gasteiger partial charge is 0.358 e. The first-order chi connectivity index (χ1) is 10.7. The van der Waals surface area contributed by atoms with Gasteiger partial charge in [0.05, 0.1) is 5.69 Å². The van der Waals surface area contributed by atoms with E-state index >= 15 is 0 Å². The van der Waals surface area contributed by atoms with Gasteiger partial charge in [-0.3, -0.25) is 4.79 Å².